The summed E-state index contributed by atoms with van der Waals surface area (Å²) in [6.45, 7) is 6.07. The number of aromatic amines is 1. The molecule has 1 heterocycles. The molecule has 0 unspecified atom stereocenters. The number of aryl methyl sites for hydroxylation is 1. The molecule has 0 bridgehead atoms. The lowest BCUT2D eigenvalue weighted by atomic mass is 9.97. The van der Waals surface area contributed by atoms with Crippen LogP contribution in [0.2, 0.25) is 0 Å². The van der Waals surface area contributed by atoms with Crippen molar-refractivity contribution in [1.29, 1.82) is 0 Å². The Morgan fingerprint density at radius 3 is 2.29 bits per heavy atom. The van der Waals surface area contributed by atoms with Gasteiger partial charge in [-0.3, -0.25) is 0 Å². The van der Waals surface area contributed by atoms with Crippen molar-refractivity contribution in [3.8, 4) is 0 Å². The van der Waals surface area contributed by atoms with Crippen molar-refractivity contribution in [1.82, 2.24) is 15.4 Å². The summed E-state index contributed by atoms with van der Waals surface area (Å²) in [4.78, 5) is 0. The molecule has 2 rings (SSSR count). The highest BCUT2D eigenvalue weighted by atomic mass is 16.3. The molecule has 0 aliphatic heterocycles. The lowest BCUT2D eigenvalue weighted by molar-refractivity contribution is 0.282. The molecule has 0 amide bonds. The number of nitrogens with one attached hydrogen (secondary N) is 1. The van der Waals surface area contributed by atoms with Crippen molar-refractivity contribution >= 4 is 11.0 Å². The van der Waals surface area contributed by atoms with Gasteiger partial charge in [-0.1, -0.05) is 0 Å². The average molecular weight is 191 g/mol. The minimum Gasteiger partial charge on any atom is -0.392 e. The van der Waals surface area contributed by atoms with E-state index in [0.29, 0.717) is 0 Å². The predicted molar refractivity (Wildman–Crippen MR) is 54.0 cm³/mol. The number of rotatable bonds is 1. The Bertz CT molecular complexity index is 488. The van der Waals surface area contributed by atoms with E-state index < -0.39 is 0 Å². The molecule has 14 heavy (non-hydrogen) atoms. The van der Waals surface area contributed by atoms with Crippen LogP contribution in [-0.2, 0) is 6.61 Å². The minimum absolute atomic E-state index is 0.00991. The van der Waals surface area contributed by atoms with Gasteiger partial charge in [0.1, 0.15) is 11.0 Å². The molecule has 74 valence electrons. The topological polar surface area (TPSA) is 61.8 Å². The van der Waals surface area contributed by atoms with Gasteiger partial charge >= 0.3 is 0 Å². The lowest BCUT2D eigenvalue weighted by Gasteiger charge is -2.09. The van der Waals surface area contributed by atoms with E-state index in [-0.39, 0.29) is 6.61 Å². The van der Waals surface area contributed by atoms with E-state index in [1.807, 2.05) is 20.8 Å². The number of hydrogen-bond acceptors (Lipinski definition) is 3. The summed E-state index contributed by atoms with van der Waals surface area (Å²) in [6, 6.07) is 0. The highest BCUT2D eigenvalue weighted by molar-refractivity contribution is 5.83. The van der Waals surface area contributed by atoms with Crippen LogP contribution in [0.25, 0.3) is 11.0 Å². The van der Waals surface area contributed by atoms with Crippen molar-refractivity contribution in [2.45, 2.75) is 27.4 Å². The molecule has 0 aliphatic rings. The van der Waals surface area contributed by atoms with Gasteiger partial charge in [0.25, 0.3) is 0 Å². The van der Waals surface area contributed by atoms with Crippen LogP contribution in [0.4, 0.5) is 0 Å². The maximum Gasteiger partial charge on any atom is 0.119 e. The zero-order chi connectivity index (χ0) is 10.3. The summed E-state index contributed by atoms with van der Waals surface area (Å²) in [5.41, 5.74) is 5.92. The fraction of sp³-hybridized carbons (Fsp3) is 0.400. The van der Waals surface area contributed by atoms with Gasteiger partial charge in [-0.15, -0.1) is 0 Å². The van der Waals surface area contributed by atoms with E-state index in [4.69, 9.17) is 0 Å². The molecule has 0 spiro atoms. The van der Waals surface area contributed by atoms with Crippen LogP contribution < -0.4 is 0 Å². The van der Waals surface area contributed by atoms with Crippen LogP contribution in [0.5, 0.6) is 0 Å². The smallest absolute Gasteiger partial charge is 0.119 e. The van der Waals surface area contributed by atoms with E-state index in [1.165, 1.54) is 5.56 Å². The highest BCUT2D eigenvalue weighted by Crippen LogP contribution is 2.26. The molecule has 0 saturated carbocycles. The first-order valence-corrected chi connectivity index (χ1v) is 4.56. The van der Waals surface area contributed by atoms with Crippen molar-refractivity contribution in [3.05, 3.63) is 22.3 Å². The molecule has 1 aromatic carbocycles. The van der Waals surface area contributed by atoms with Crippen LogP contribution in [0.15, 0.2) is 0 Å². The van der Waals surface area contributed by atoms with Crippen LogP contribution >= 0.6 is 0 Å². The number of benzene rings is 1. The van der Waals surface area contributed by atoms with Crippen molar-refractivity contribution in [2.75, 3.05) is 0 Å². The Labute approximate surface area is 82.0 Å². The fourth-order valence-electron chi connectivity index (χ4n) is 1.76. The van der Waals surface area contributed by atoms with Gasteiger partial charge in [0, 0.05) is 5.56 Å². The first-order chi connectivity index (χ1) is 6.66. The monoisotopic (exact) mass is 191 g/mol. The maximum atomic E-state index is 9.27. The Morgan fingerprint density at radius 2 is 1.64 bits per heavy atom. The number of hydrogen-bond donors (Lipinski definition) is 2. The lowest BCUT2D eigenvalue weighted by Crippen LogP contribution is -1.97. The third-order valence-corrected chi connectivity index (χ3v) is 2.92. The molecular formula is C10H13N3O. The quantitative estimate of drug-likeness (QED) is 0.715. The summed E-state index contributed by atoms with van der Waals surface area (Å²) >= 11 is 0. The molecule has 0 radical (unpaired) electrons. The second-order valence-corrected chi connectivity index (χ2v) is 3.53. The second-order valence-electron chi connectivity index (χ2n) is 3.53. The van der Waals surface area contributed by atoms with E-state index in [1.54, 1.807) is 0 Å². The summed E-state index contributed by atoms with van der Waals surface area (Å²) in [5.74, 6) is 0. The zero-order valence-electron chi connectivity index (χ0n) is 8.55. The summed E-state index contributed by atoms with van der Waals surface area (Å²) in [6.07, 6.45) is 0. The van der Waals surface area contributed by atoms with E-state index in [2.05, 4.69) is 15.4 Å². The number of aliphatic hydroxyl groups is 1. The normalized spacial score (nSPS) is 11.1. The van der Waals surface area contributed by atoms with Gasteiger partial charge in [-0.2, -0.15) is 15.4 Å². The van der Waals surface area contributed by atoms with Gasteiger partial charge in [0.15, 0.2) is 0 Å². The molecule has 0 aliphatic carbocycles. The van der Waals surface area contributed by atoms with Crippen LogP contribution in [-0.4, -0.2) is 20.5 Å². The summed E-state index contributed by atoms with van der Waals surface area (Å²) in [7, 11) is 0. The molecule has 4 nitrogen and oxygen atoms in total. The summed E-state index contributed by atoms with van der Waals surface area (Å²) in [5, 5.41) is 20.0. The third-order valence-electron chi connectivity index (χ3n) is 2.92. The van der Waals surface area contributed by atoms with Crippen LogP contribution in [0.3, 0.4) is 0 Å². The van der Waals surface area contributed by atoms with Crippen LogP contribution in [0.1, 0.15) is 22.3 Å². The largest absolute Gasteiger partial charge is 0.392 e. The molecule has 0 atom stereocenters. The summed E-state index contributed by atoms with van der Waals surface area (Å²) < 4.78 is 0. The standard InChI is InChI=1S/C10H13N3O/c1-5-6(2)8(4-14)10-9(7(5)3)11-13-12-10/h14H,4H2,1-3H3,(H,11,12,13). The Balaban J connectivity index is 2.95. The number of H-pyrrole nitrogens is 1. The van der Waals surface area contributed by atoms with E-state index >= 15 is 0 Å². The first-order valence-electron chi connectivity index (χ1n) is 4.56. The SMILES string of the molecule is Cc1c(C)c(CO)c2n[nH]nc2c1C. The molecular weight excluding hydrogens is 178 g/mol. The number of aliphatic hydroxyl groups excluding tert-OH is 1. The zero-order valence-corrected chi connectivity index (χ0v) is 8.55. The van der Waals surface area contributed by atoms with Crippen molar-refractivity contribution < 1.29 is 5.11 Å². The predicted octanol–water partition coefficient (Wildman–Crippen LogP) is 1.38. The first kappa shape index (κ1) is 9.15. The molecule has 0 saturated heterocycles. The number of fused-ring (bicyclic) bond motifs is 1. The second kappa shape index (κ2) is 3.06. The average Bonchev–Trinajstić information content (AvgIpc) is 2.64. The minimum atomic E-state index is 0.00991. The fourth-order valence-corrected chi connectivity index (χ4v) is 1.76. The Kier molecular flexibility index (Phi) is 2.00. The van der Waals surface area contributed by atoms with Crippen LogP contribution in [0, 0.1) is 20.8 Å². The Hall–Kier alpha value is -1.42. The molecule has 4 heteroatoms. The molecule has 0 fully saturated rings. The molecule has 2 N–H and O–H groups in total. The number of aromatic nitrogens is 3. The van der Waals surface area contributed by atoms with Gasteiger partial charge in [0.05, 0.1) is 6.61 Å². The molecule has 2 aromatic rings. The Morgan fingerprint density at radius 1 is 1.00 bits per heavy atom. The van der Waals surface area contributed by atoms with Crippen molar-refractivity contribution in [2.24, 2.45) is 0 Å². The number of nitrogens with zero attached hydrogens (tertiary/aromatic N) is 2. The maximum absolute atomic E-state index is 9.27. The van der Waals surface area contributed by atoms with Gasteiger partial charge in [-0.05, 0) is 37.5 Å². The highest BCUT2D eigenvalue weighted by Gasteiger charge is 2.13. The molecule has 1 aromatic heterocycles. The third kappa shape index (κ3) is 1.04. The van der Waals surface area contributed by atoms with E-state index in [0.717, 1.165) is 27.7 Å². The van der Waals surface area contributed by atoms with Gasteiger partial charge in [-0.25, -0.2) is 0 Å². The van der Waals surface area contributed by atoms with E-state index in [9.17, 15) is 5.11 Å². The van der Waals surface area contributed by atoms with Gasteiger partial charge in [0.2, 0.25) is 0 Å². The van der Waals surface area contributed by atoms with Gasteiger partial charge < -0.3 is 5.11 Å². The van der Waals surface area contributed by atoms with Crippen molar-refractivity contribution in [3.63, 3.8) is 0 Å².